The summed E-state index contributed by atoms with van der Waals surface area (Å²) >= 11 is 1.40. The quantitative estimate of drug-likeness (QED) is 0.482. The van der Waals surface area contributed by atoms with Crippen molar-refractivity contribution < 1.29 is 14.3 Å². The molecule has 0 aliphatic carbocycles. The number of rotatable bonds is 6. The number of aromatic nitrogens is 1. The van der Waals surface area contributed by atoms with Crippen molar-refractivity contribution in [1.29, 1.82) is 0 Å². The number of fused-ring (bicyclic) bond motifs is 1. The van der Waals surface area contributed by atoms with Crippen LogP contribution in [0.5, 0.6) is 11.5 Å². The Kier molecular flexibility index (Phi) is 5.44. The summed E-state index contributed by atoms with van der Waals surface area (Å²) in [5.74, 6) is 1.21. The lowest BCUT2D eigenvalue weighted by Gasteiger charge is -2.08. The van der Waals surface area contributed by atoms with Gasteiger partial charge in [-0.15, -0.1) is 11.3 Å². The summed E-state index contributed by atoms with van der Waals surface area (Å²) in [6.45, 7) is 0. The summed E-state index contributed by atoms with van der Waals surface area (Å²) in [7, 11) is 3.20. The van der Waals surface area contributed by atoms with E-state index in [1.807, 2.05) is 66.0 Å². The number of thiazole rings is 1. The zero-order valence-corrected chi connectivity index (χ0v) is 17.0. The third kappa shape index (κ3) is 4.07. The average Bonchev–Trinajstić information content (AvgIpc) is 3.21. The third-order valence-electron chi connectivity index (χ3n) is 4.66. The Labute approximate surface area is 172 Å². The van der Waals surface area contributed by atoms with Crippen molar-refractivity contribution in [3.05, 3.63) is 71.6 Å². The SMILES string of the molecule is COc1ccc(-c2csc(NC(=O)Cc3cccc4ccccc34)n2)cc1OC. The Balaban J connectivity index is 1.50. The Morgan fingerprint density at radius 3 is 2.62 bits per heavy atom. The van der Waals surface area contributed by atoms with Gasteiger partial charge in [-0.25, -0.2) is 4.98 Å². The zero-order valence-electron chi connectivity index (χ0n) is 16.1. The highest BCUT2D eigenvalue weighted by molar-refractivity contribution is 7.14. The highest BCUT2D eigenvalue weighted by Crippen LogP contribution is 2.33. The van der Waals surface area contributed by atoms with E-state index in [0.29, 0.717) is 23.1 Å². The molecule has 0 radical (unpaired) electrons. The minimum absolute atomic E-state index is 0.0884. The van der Waals surface area contributed by atoms with Crippen LogP contribution in [-0.2, 0) is 11.2 Å². The molecule has 0 atom stereocenters. The molecule has 0 bridgehead atoms. The Bertz CT molecular complexity index is 1160. The minimum atomic E-state index is -0.0884. The summed E-state index contributed by atoms with van der Waals surface area (Å²) in [6.07, 6.45) is 0.298. The molecular weight excluding hydrogens is 384 g/mol. The molecule has 0 aliphatic heterocycles. The Morgan fingerprint density at radius 2 is 1.79 bits per heavy atom. The first-order valence-corrected chi connectivity index (χ1v) is 10.0. The molecule has 0 saturated carbocycles. The van der Waals surface area contributed by atoms with E-state index in [0.717, 1.165) is 27.6 Å². The number of methoxy groups -OCH3 is 2. The van der Waals surface area contributed by atoms with Gasteiger partial charge in [0.05, 0.1) is 26.3 Å². The van der Waals surface area contributed by atoms with E-state index in [-0.39, 0.29) is 5.91 Å². The van der Waals surface area contributed by atoms with Crippen LogP contribution in [-0.4, -0.2) is 25.1 Å². The third-order valence-corrected chi connectivity index (χ3v) is 5.42. The molecule has 0 fully saturated rings. The van der Waals surface area contributed by atoms with Crippen molar-refractivity contribution in [2.45, 2.75) is 6.42 Å². The predicted octanol–water partition coefficient (Wildman–Crippen LogP) is 5.16. The molecule has 4 aromatic rings. The van der Waals surface area contributed by atoms with Crippen molar-refractivity contribution >= 4 is 33.1 Å². The Morgan fingerprint density at radius 1 is 1.00 bits per heavy atom. The highest BCUT2D eigenvalue weighted by Gasteiger charge is 2.12. The number of nitrogens with zero attached hydrogens (tertiary/aromatic N) is 1. The molecule has 0 saturated heterocycles. The molecule has 0 spiro atoms. The Hall–Kier alpha value is -3.38. The van der Waals surface area contributed by atoms with Crippen LogP contribution in [0.4, 0.5) is 5.13 Å². The predicted molar refractivity (Wildman–Crippen MR) is 117 cm³/mol. The van der Waals surface area contributed by atoms with Gasteiger partial charge in [0.25, 0.3) is 0 Å². The number of carbonyl (C=O) groups excluding carboxylic acids is 1. The second-order valence-corrected chi connectivity index (χ2v) is 7.33. The lowest BCUT2D eigenvalue weighted by molar-refractivity contribution is -0.115. The molecule has 1 aromatic heterocycles. The summed E-state index contributed by atoms with van der Waals surface area (Å²) in [5.41, 5.74) is 2.67. The second-order valence-electron chi connectivity index (χ2n) is 6.47. The van der Waals surface area contributed by atoms with Gasteiger partial charge < -0.3 is 14.8 Å². The summed E-state index contributed by atoms with van der Waals surface area (Å²) in [5, 5.41) is 7.61. The molecule has 1 N–H and O–H groups in total. The van der Waals surface area contributed by atoms with Gasteiger partial charge in [0.2, 0.25) is 5.91 Å². The fourth-order valence-corrected chi connectivity index (χ4v) is 3.98. The lowest BCUT2D eigenvalue weighted by atomic mass is 10.0. The topological polar surface area (TPSA) is 60.5 Å². The van der Waals surface area contributed by atoms with E-state index in [4.69, 9.17) is 9.47 Å². The van der Waals surface area contributed by atoms with Crippen LogP contribution in [0.1, 0.15) is 5.56 Å². The first kappa shape index (κ1) is 19.0. The largest absolute Gasteiger partial charge is 0.493 e. The van der Waals surface area contributed by atoms with Crippen LogP contribution in [0, 0.1) is 0 Å². The van der Waals surface area contributed by atoms with Gasteiger partial charge in [0.1, 0.15) is 0 Å². The summed E-state index contributed by atoms with van der Waals surface area (Å²) in [6, 6.07) is 19.7. The lowest BCUT2D eigenvalue weighted by Crippen LogP contribution is -2.14. The first-order chi connectivity index (χ1) is 14.2. The number of anilines is 1. The van der Waals surface area contributed by atoms with Gasteiger partial charge in [-0.3, -0.25) is 4.79 Å². The van der Waals surface area contributed by atoms with Crippen LogP contribution >= 0.6 is 11.3 Å². The van der Waals surface area contributed by atoms with E-state index in [1.165, 1.54) is 11.3 Å². The summed E-state index contributed by atoms with van der Waals surface area (Å²) in [4.78, 5) is 17.1. The van der Waals surface area contributed by atoms with Crippen LogP contribution in [0.3, 0.4) is 0 Å². The molecule has 29 heavy (non-hydrogen) atoms. The van der Waals surface area contributed by atoms with Crippen molar-refractivity contribution in [2.24, 2.45) is 0 Å². The molecule has 4 rings (SSSR count). The zero-order chi connectivity index (χ0) is 20.2. The fraction of sp³-hybridized carbons (Fsp3) is 0.130. The number of hydrogen-bond acceptors (Lipinski definition) is 5. The van der Waals surface area contributed by atoms with Gasteiger partial charge in [-0.2, -0.15) is 0 Å². The molecule has 1 amide bonds. The van der Waals surface area contributed by atoms with E-state index >= 15 is 0 Å². The maximum Gasteiger partial charge on any atom is 0.230 e. The normalized spacial score (nSPS) is 10.7. The maximum atomic E-state index is 12.6. The van der Waals surface area contributed by atoms with Gasteiger partial charge in [-0.1, -0.05) is 42.5 Å². The smallest absolute Gasteiger partial charge is 0.230 e. The van der Waals surface area contributed by atoms with Crippen LogP contribution in [0.25, 0.3) is 22.0 Å². The van der Waals surface area contributed by atoms with Crippen LogP contribution in [0.2, 0.25) is 0 Å². The molecular formula is C23H20N2O3S. The van der Waals surface area contributed by atoms with Crippen molar-refractivity contribution in [1.82, 2.24) is 4.98 Å². The number of hydrogen-bond donors (Lipinski definition) is 1. The van der Waals surface area contributed by atoms with E-state index in [2.05, 4.69) is 10.3 Å². The fourth-order valence-electron chi connectivity index (χ4n) is 3.24. The van der Waals surface area contributed by atoms with Crippen LogP contribution in [0.15, 0.2) is 66.0 Å². The number of amides is 1. The molecule has 146 valence electrons. The van der Waals surface area contributed by atoms with Gasteiger partial charge in [0, 0.05) is 10.9 Å². The van der Waals surface area contributed by atoms with E-state index in [9.17, 15) is 4.79 Å². The monoisotopic (exact) mass is 404 g/mol. The van der Waals surface area contributed by atoms with Crippen molar-refractivity contribution in [2.75, 3.05) is 19.5 Å². The first-order valence-electron chi connectivity index (χ1n) is 9.12. The van der Waals surface area contributed by atoms with E-state index < -0.39 is 0 Å². The summed E-state index contributed by atoms with van der Waals surface area (Å²) < 4.78 is 10.6. The molecule has 3 aromatic carbocycles. The van der Waals surface area contributed by atoms with Crippen molar-refractivity contribution in [3.8, 4) is 22.8 Å². The van der Waals surface area contributed by atoms with Gasteiger partial charge in [0.15, 0.2) is 16.6 Å². The average molecular weight is 404 g/mol. The highest BCUT2D eigenvalue weighted by atomic mass is 32.1. The van der Waals surface area contributed by atoms with Crippen molar-refractivity contribution in [3.63, 3.8) is 0 Å². The standard InChI is InChI=1S/C23H20N2O3S/c1-27-20-11-10-17(12-21(20)28-2)19-14-29-23(24-19)25-22(26)13-16-8-5-7-15-6-3-4-9-18(15)16/h3-12,14H,13H2,1-2H3,(H,24,25,26). The van der Waals surface area contributed by atoms with E-state index in [1.54, 1.807) is 14.2 Å². The minimum Gasteiger partial charge on any atom is -0.493 e. The molecule has 0 aliphatic rings. The van der Waals surface area contributed by atoms with Gasteiger partial charge >= 0.3 is 0 Å². The number of carbonyl (C=O) groups is 1. The molecule has 6 heteroatoms. The molecule has 5 nitrogen and oxygen atoms in total. The van der Waals surface area contributed by atoms with Gasteiger partial charge in [-0.05, 0) is 34.5 Å². The number of nitrogens with one attached hydrogen (secondary N) is 1. The number of ether oxygens (including phenoxy) is 2. The molecule has 1 heterocycles. The second kappa shape index (κ2) is 8.32. The van der Waals surface area contributed by atoms with Crippen LogP contribution < -0.4 is 14.8 Å². The maximum absolute atomic E-state index is 12.6. The molecule has 0 unspecified atom stereocenters. The number of benzene rings is 3.